The van der Waals surface area contributed by atoms with Crippen LogP contribution in [-0.2, 0) is 27.4 Å². The molecule has 1 fully saturated rings. The van der Waals surface area contributed by atoms with Crippen LogP contribution in [0.2, 0.25) is 0 Å². The highest BCUT2D eigenvalue weighted by atomic mass is 16.5. The molecule has 0 bridgehead atoms. The lowest BCUT2D eigenvalue weighted by atomic mass is 9.71. The Morgan fingerprint density at radius 2 is 1.77 bits per heavy atom. The van der Waals surface area contributed by atoms with E-state index in [4.69, 9.17) is 15.6 Å². The zero-order valence-corrected chi connectivity index (χ0v) is 15.8. The van der Waals surface area contributed by atoms with Crippen LogP contribution >= 0.6 is 0 Å². The lowest BCUT2D eigenvalue weighted by Gasteiger charge is -2.34. The third-order valence-corrected chi connectivity index (χ3v) is 5.50. The van der Waals surface area contributed by atoms with E-state index < -0.39 is 5.97 Å². The molecule has 0 radical (unpaired) electrons. The Kier molecular flexibility index (Phi) is 7.64. The minimum atomic E-state index is -0.684. The summed E-state index contributed by atoms with van der Waals surface area (Å²) in [6, 6.07) is 8.49. The summed E-state index contributed by atoms with van der Waals surface area (Å²) < 4.78 is 5.92. The number of nitrogens with two attached hydrogens (primary N) is 1. The monoisotopic (exact) mass is 361 g/mol. The molecule has 1 aliphatic carbocycles. The lowest BCUT2D eigenvalue weighted by Crippen LogP contribution is -2.27. The fourth-order valence-corrected chi connectivity index (χ4v) is 3.56. The van der Waals surface area contributed by atoms with Gasteiger partial charge in [-0.25, -0.2) is 0 Å². The van der Waals surface area contributed by atoms with Gasteiger partial charge in [-0.15, -0.1) is 0 Å². The van der Waals surface area contributed by atoms with Crippen LogP contribution in [0.4, 0.5) is 0 Å². The fourth-order valence-electron chi connectivity index (χ4n) is 3.56. The van der Waals surface area contributed by atoms with Crippen LogP contribution in [0.3, 0.4) is 0 Å². The maximum absolute atomic E-state index is 10.9. The first-order chi connectivity index (χ1) is 12.3. The number of carboxylic acid groups (broad SMARTS) is 1. The fraction of sp³-hybridized carbons (Fsp3) is 0.619. The number of amides is 1. The zero-order valence-electron chi connectivity index (χ0n) is 15.8. The molecule has 0 aliphatic heterocycles. The summed E-state index contributed by atoms with van der Waals surface area (Å²) in [4.78, 5) is 21.6. The summed E-state index contributed by atoms with van der Waals surface area (Å²) in [5, 5.41) is 8.80. The van der Waals surface area contributed by atoms with Gasteiger partial charge >= 0.3 is 5.97 Å². The number of rotatable bonds is 11. The number of primary amides is 1. The molecule has 0 aromatic heterocycles. The summed E-state index contributed by atoms with van der Waals surface area (Å²) in [5.41, 5.74) is 7.63. The van der Waals surface area contributed by atoms with E-state index in [1.807, 2.05) is 6.92 Å². The Labute approximate surface area is 155 Å². The first-order valence-corrected chi connectivity index (χ1v) is 9.53. The molecule has 3 N–H and O–H groups in total. The van der Waals surface area contributed by atoms with Gasteiger partial charge in [0.05, 0.1) is 12.7 Å². The molecule has 1 saturated carbocycles. The van der Waals surface area contributed by atoms with Gasteiger partial charge in [-0.05, 0) is 61.5 Å². The van der Waals surface area contributed by atoms with Gasteiger partial charge in [-0.2, -0.15) is 0 Å². The summed E-state index contributed by atoms with van der Waals surface area (Å²) in [7, 11) is 0. The molecule has 0 unspecified atom stereocenters. The molecule has 5 heteroatoms. The van der Waals surface area contributed by atoms with E-state index in [0.29, 0.717) is 37.2 Å². The number of hydrogen-bond donors (Lipinski definition) is 2. The molecular weight excluding hydrogens is 330 g/mol. The highest BCUT2D eigenvalue weighted by Gasteiger charge is 2.30. The second kappa shape index (κ2) is 9.72. The van der Waals surface area contributed by atoms with Crippen molar-refractivity contribution < 1.29 is 19.4 Å². The van der Waals surface area contributed by atoms with Gasteiger partial charge < -0.3 is 15.6 Å². The summed E-state index contributed by atoms with van der Waals surface area (Å²) >= 11 is 0. The van der Waals surface area contributed by atoms with Crippen molar-refractivity contribution in [3.8, 4) is 0 Å². The van der Waals surface area contributed by atoms with Crippen molar-refractivity contribution in [1.29, 1.82) is 0 Å². The molecule has 0 spiro atoms. The minimum absolute atomic E-state index is 0.0789. The number of benzene rings is 1. The average molecular weight is 361 g/mol. The van der Waals surface area contributed by atoms with Crippen LogP contribution in [0.1, 0.15) is 57.1 Å². The smallest absolute Gasteiger partial charge is 0.303 e. The molecule has 1 aromatic rings. The largest absolute Gasteiger partial charge is 0.481 e. The number of aliphatic carboxylic acids is 1. The van der Waals surface area contributed by atoms with E-state index in [-0.39, 0.29) is 12.0 Å². The van der Waals surface area contributed by atoms with Crippen LogP contribution in [0, 0.1) is 17.8 Å². The van der Waals surface area contributed by atoms with E-state index in [1.54, 1.807) is 0 Å². The van der Waals surface area contributed by atoms with Crippen LogP contribution < -0.4 is 5.73 Å². The molecule has 144 valence electrons. The van der Waals surface area contributed by atoms with Crippen LogP contribution in [0.5, 0.6) is 0 Å². The first-order valence-electron chi connectivity index (χ1n) is 9.53. The van der Waals surface area contributed by atoms with E-state index in [9.17, 15) is 9.59 Å². The van der Waals surface area contributed by atoms with E-state index >= 15 is 0 Å². The molecule has 1 amide bonds. The molecule has 1 aliphatic rings. The van der Waals surface area contributed by atoms with Gasteiger partial charge in [0.1, 0.15) is 0 Å². The zero-order chi connectivity index (χ0) is 19.1. The topological polar surface area (TPSA) is 89.6 Å². The number of carboxylic acids is 1. The quantitative estimate of drug-likeness (QED) is 0.631. The second-order valence-electron chi connectivity index (χ2n) is 7.82. The molecule has 0 heterocycles. The van der Waals surface area contributed by atoms with Crippen molar-refractivity contribution >= 4 is 11.9 Å². The van der Waals surface area contributed by atoms with Gasteiger partial charge in [-0.3, -0.25) is 9.59 Å². The Hall–Kier alpha value is -1.88. The molecule has 1 aromatic carbocycles. The van der Waals surface area contributed by atoms with Crippen molar-refractivity contribution in [2.45, 2.75) is 65.1 Å². The van der Waals surface area contributed by atoms with E-state index in [2.05, 4.69) is 31.2 Å². The summed E-state index contributed by atoms with van der Waals surface area (Å²) in [6.45, 7) is 4.67. The maximum Gasteiger partial charge on any atom is 0.303 e. The highest BCUT2D eigenvalue weighted by Crippen LogP contribution is 2.38. The standard InChI is InChI=1S/C21H31NO4/c1-14(3-8-20(22)23)15(2)26-13-17-6-4-16(5-7-17)9-18-10-19(11-18)12-21(24)25/h4-7,14-15,18-19H,3,8-13H2,1-2H3,(H2,22,23)(H,24,25)/t14-,15+,18?,19?/m0/s1. The van der Waals surface area contributed by atoms with E-state index in [0.717, 1.165) is 31.2 Å². The Bertz CT molecular complexity index is 593. The minimum Gasteiger partial charge on any atom is -0.481 e. The normalized spacial score (nSPS) is 21.6. The second-order valence-corrected chi connectivity index (χ2v) is 7.82. The Balaban J connectivity index is 1.69. The molecular formula is C21H31NO4. The van der Waals surface area contributed by atoms with Gasteiger partial charge in [0.25, 0.3) is 0 Å². The third kappa shape index (κ3) is 6.79. The summed E-state index contributed by atoms with van der Waals surface area (Å²) in [6.07, 6.45) is 4.61. The van der Waals surface area contributed by atoms with Crippen LogP contribution in [0.15, 0.2) is 24.3 Å². The predicted molar refractivity (Wildman–Crippen MR) is 100 cm³/mol. The van der Waals surface area contributed by atoms with E-state index in [1.165, 1.54) is 5.56 Å². The van der Waals surface area contributed by atoms with Crippen LogP contribution in [0.25, 0.3) is 0 Å². The van der Waals surface area contributed by atoms with Crippen molar-refractivity contribution in [3.63, 3.8) is 0 Å². The Morgan fingerprint density at radius 3 is 2.35 bits per heavy atom. The molecule has 2 atom stereocenters. The van der Waals surface area contributed by atoms with Crippen LogP contribution in [-0.4, -0.2) is 23.1 Å². The molecule has 2 rings (SSSR count). The van der Waals surface area contributed by atoms with Crippen molar-refractivity contribution in [1.82, 2.24) is 0 Å². The number of carbonyl (C=O) groups is 2. The van der Waals surface area contributed by atoms with Gasteiger partial charge in [0.15, 0.2) is 0 Å². The maximum atomic E-state index is 10.9. The van der Waals surface area contributed by atoms with Crippen molar-refractivity contribution in [2.75, 3.05) is 0 Å². The average Bonchev–Trinajstić information content (AvgIpc) is 2.56. The lowest BCUT2D eigenvalue weighted by molar-refractivity contribution is -0.139. The Morgan fingerprint density at radius 1 is 1.15 bits per heavy atom. The first kappa shape index (κ1) is 20.4. The molecule has 5 nitrogen and oxygen atoms in total. The molecule has 26 heavy (non-hydrogen) atoms. The van der Waals surface area contributed by atoms with Crippen molar-refractivity contribution in [2.24, 2.45) is 23.5 Å². The summed E-state index contributed by atoms with van der Waals surface area (Å²) in [5.74, 6) is 0.325. The predicted octanol–water partition coefficient (Wildman–Crippen LogP) is 3.54. The highest BCUT2D eigenvalue weighted by molar-refractivity contribution is 5.73. The SMILES string of the molecule is C[C@@H](CCC(N)=O)[C@@H](C)OCc1ccc(CC2CC(CC(=O)O)C2)cc1. The number of hydrogen-bond acceptors (Lipinski definition) is 3. The van der Waals surface area contributed by atoms with Gasteiger partial charge in [0, 0.05) is 12.8 Å². The van der Waals surface area contributed by atoms with Crippen molar-refractivity contribution in [3.05, 3.63) is 35.4 Å². The molecule has 0 saturated heterocycles. The number of carbonyl (C=O) groups excluding carboxylic acids is 1. The third-order valence-electron chi connectivity index (χ3n) is 5.50. The van der Waals surface area contributed by atoms with Gasteiger partial charge in [-0.1, -0.05) is 31.2 Å². The van der Waals surface area contributed by atoms with Gasteiger partial charge in [0.2, 0.25) is 5.91 Å². The number of ether oxygens (including phenoxy) is 1.